The zero-order valence-corrected chi connectivity index (χ0v) is 13.9. The Morgan fingerprint density at radius 2 is 1.91 bits per heavy atom. The van der Waals surface area contributed by atoms with E-state index in [9.17, 15) is 14.0 Å². The van der Waals surface area contributed by atoms with Crippen molar-refractivity contribution < 1.29 is 14.0 Å². The van der Waals surface area contributed by atoms with E-state index in [1.165, 1.54) is 11.3 Å². The van der Waals surface area contributed by atoms with Gasteiger partial charge < -0.3 is 15.1 Å². The van der Waals surface area contributed by atoms with Crippen LogP contribution in [0.25, 0.3) is 0 Å². The van der Waals surface area contributed by atoms with Gasteiger partial charge in [0.1, 0.15) is 6.17 Å². The van der Waals surface area contributed by atoms with Gasteiger partial charge in [0.2, 0.25) is 0 Å². The molecule has 0 bridgehead atoms. The van der Waals surface area contributed by atoms with Crippen molar-refractivity contribution in [3.05, 3.63) is 22.4 Å². The second-order valence-corrected chi connectivity index (χ2v) is 6.93. The maximum absolute atomic E-state index is 13.6. The van der Waals surface area contributed by atoms with Crippen molar-refractivity contribution in [3.8, 4) is 0 Å². The summed E-state index contributed by atoms with van der Waals surface area (Å²) in [5.74, 6) is 0.0214. The van der Waals surface area contributed by atoms with E-state index in [0.717, 1.165) is 12.8 Å². The molecule has 1 aromatic rings. The molecule has 1 aliphatic heterocycles. The number of halogens is 1. The van der Waals surface area contributed by atoms with Gasteiger partial charge in [-0.15, -0.1) is 0 Å². The first-order chi connectivity index (χ1) is 11.1. The average molecular weight is 339 g/mol. The molecule has 5 nitrogen and oxygen atoms in total. The Balaban J connectivity index is 1.53. The number of nitrogens with one attached hydrogen (secondary N) is 1. The molecule has 1 aliphatic carbocycles. The largest absolute Gasteiger partial charge is 0.337 e. The molecule has 0 aromatic carbocycles. The number of nitrogens with zero attached hydrogens (tertiary/aromatic N) is 2. The highest BCUT2D eigenvalue weighted by Gasteiger charge is 2.30. The van der Waals surface area contributed by atoms with Crippen molar-refractivity contribution in [2.24, 2.45) is 0 Å². The van der Waals surface area contributed by atoms with Gasteiger partial charge in [0.25, 0.3) is 5.91 Å². The van der Waals surface area contributed by atoms with E-state index in [1.807, 2.05) is 16.8 Å². The van der Waals surface area contributed by atoms with E-state index in [-0.39, 0.29) is 18.0 Å². The van der Waals surface area contributed by atoms with Gasteiger partial charge >= 0.3 is 6.03 Å². The molecule has 23 heavy (non-hydrogen) atoms. The summed E-state index contributed by atoms with van der Waals surface area (Å²) in [6.07, 6.45) is 1.89. The Morgan fingerprint density at radius 3 is 2.61 bits per heavy atom. The lowest BCUT2D eigenvalue weighted by atomic mass is 10.2. The first-order valence-electron chi connectivity index (χ1n) is 8.16. The third-order valence-corrected chi connectivity index (χ3v) is 5.26. The van der Waals surface area contributed by atoms with Crippen molar-refractivity contribution in [1.29, 1.82) is 0 Å². The van der Waals surface area contributed by atoms with Gasteiger partial charge in [0.05, 0.1) is 11.6 Å². The number of hydrogen-bond acceptors (Lipinski definition) is 3. The van der Waals surface area contributed by atoms with Crippen molar-refractivity contribution in [2.75, 3.05) is 26.2 Å². The molecule has 1 N–H and O–H groups in total. The van der Waals surface area contributed by atoms with Gasteiger partial charge in [-0.05, 0) is 37.1 Å². The zero-order chi connectivity index (χ0) is 16.2. The topological polar surface area (TPSA) is 52.7 Å². The molecular weight excluding hydrogens is 317 g/mol. The normalized spacial score (nSPS) is 25.3. The highest BCUT2D eigenvalue weighted by Crippen LogP contribution is 2.22. The summed E-state index contributed by atoms with van der Waals surface area (Å²) >= 11 is 1.50. The predicted octanol–water partition coefficient (Wildman–Crippen LogP) is 2.50. The number of amides is 3. The standard InChI is InChI=1S/C16H22FN3O2S/c17-13-3-1-4-14(13)18-16(22)20-7-2-6-19(8-9-20)15(21)12-5-10-23-11-12/h5,10-11,13-14H,1-4,6-9H2,(H,18,22)/t13-,14+/m1/s1. The van der Waals surface area contributed by atoms with E-state index in [2.05, 4.69) is 5.32 Å². The fraction of sp³-hybridized carbons (Fsp3) is 0.625. The van der Waals surface area contributed by atoms with Crippen LogP contribution in [-0.2, 0) is 0 Å². The molecule has 0 radical (unpaired) electrons. The van der Waals surface area contributed by atoms with Crippen LogP contribution in [0.4, 0.5) is 9.18 Å². The summed E-state index contributed by atoms with van der Waals surface area (Å²) in [7, 11) is 0. The molecule has 1 aromatic heterocycles. The summed E-state index contributed by atoms with van der Waals surface area (Å²) in [6.45, 7) is 2.26. The number of rotatable bonds is 2. The number of thiophene rings is 1. The lowest BCUT2D eigenvalue weighted by Crippen LogP contribution is -2.47. The fourth-order valence-corrected chi connectivity index (χ4v) is 3.85. The Labute approximate surface area is 139 Å². The third kappa shape index (κ3) is 3.83. The van der Waals surface area contributed by atoms with Crippen LogP contribution in [0.1, 0.15) is 36.0 Å². The number of hydrogen-bond donors (Lipinski definition) is 1. The summed E-state index contributed by atoms with van der Waals surface area (Å²) < 4.78 is 13.6. The molecule has 0 spiro atoms. The fourth-order valence-electron chi connectivity index (χ4n) is 3.22. The minimum atomic E-state index is -0.928. The molecule has 3 rings (SSSR count). The summed E-state index contributed by atoms with van der Waals surface area (Å²) in [4.78, 5) is 28.2. The molecule has 126 valence electrons. The second-order valence-electron chi connectivity index (χ2n) is 6.15. The first kappa shape index (κ1) is 16.2. The van der Waals surface area contributed by atoms with Gasteiger partial charge in [-0.25, -0.2) is 9.18 Å². The Hall–Kier alpha value is -1.63. The SMILES string of the molecule is O=C(N[C@H]1CCC[C@H]1F)N1CCCN(C(=O)c2ccsc2)CC1. The van der Waals surface area contributed by atoms with Gasteiger partial charge in [-0.3, -0.25) is 4.79 Å². The molecule has 2 fully saturated rings. The third-order valence-electron chi connectivity index (χ3n) is 4.58. The molecule has 1 saturated carbocycles. The van der Waals surface area contributed by atoms with Crippen LogP contribution < -0.4 is 5.32 Å². The number of carbonyl (C=O) groups is 2. The van der Waals surface area contributed by atoms with E-state index in [1.54, 1.807) is 9.80 Å². The molecule has 3 amide bonds. The van der Waals surface area contributed by atoms with Crippen LogP contribution in [-0.4, -0.2) is 60.1 Å². The van der Waals surface area contributed by atoms with Crippen LogP contribution in [0.3, 0.4) is 0 Å². The van der Waals surface area contributed by atoms with E-state index >= 15 is 0 Å². The second kappa shape index (κ2) is 7.29. The van der Waals surface area contributed by atoms with Crippen LogP contribution in [0, 0.1) is 0 Å². The van der Waals surface area contributed by atoms with Crippen LogP contribution in [0.5, 0.6) is 0 Å². The maximum Gasteiger partial charge on any atom is 0.317 e. The number of carbonyl (C=O) groups excluding carboxylic acids is 2. The molecular formula is C16H22FN3O2S. The summed E-state index contributed by atoms with van der Waals surface area (Å²) in [5.41, 5.74) is 0.708. The predicted molar refractivity (Wildman–Crippen MR) is 87.5 cm³/mol. The monoisotopic (exact) mass is 339 g/mol. The lowest BCUT2D eigenvalue weighted by Gasteiger charge is -2.24. The lowest BCUT2D eigenvalue weighted by molar-refractivity contribution is 0.0762. The van der Waals surface area contributed by atoms with E-state index in [0.29, 0.717) is 44.6 Å². The number of urea groups is 1. The summed E-state index contributed by atoms with van der Waals surface area (Å²) in [5, 5.41) is 6.54. The Bertz CT molecular complexity index is 552. The van der Waals surface area contributed by atoms with Crippen molar-refractivity contribution in [3.63, 3.8) is 0 Å². The smallest absolute Gasteiger partial charge is 0.317 e. The van der Waals surface area contributed by atoms with E-state index in [4.69, 9.17) is 0 Å². The quantitative estimate of drug-likeness (QED) is 0.900. The highest BCUT2D eigenvalue weighted by molar-refractivity contribution is 7.08. The maximum atomic E-state index is 13.6. The Morgan fingerprint density at radius 1 is 1.13 bits per heavy atom. The molecule has 2 heterocycles. The summed E-state index contributed by atoms with van der Waals surface area (Å²) in [6, 6.07) is 1.27. The average Bonchev–Trinajstić information content (AvgIpc) is 3.14. The zero-order valence-electron chi connectivity index (χ0n) is 13.0. The minimum Gasteiger partial charge on any atom is -0.337 e. The van der Waals surface area contributed by atoms with Gasteiger partial charge in [0.15, 0.2) is 0 Å². The molecule has 7 heteroatoms. The van der Waals surface area contributed by atoms with Gasteiger partial charge in [-0.2, -0.15) is 11.3 Å². The minimum absolute atomic E-state index is 0.0214. The molecule has 2 atom stereocenters. The van der Waals surface area contributed by atoms with Crippen molar-refractivity contribution in [2.45, 2.75) is 37.9 Å². The van der Waals surface area contributed by atoms with Crippen molar-refractivity contribution >= 4 is 23.3 Å². The van der Waals surface area contributed by atoms with E-state index < -0.39 is 6.17 Å². The number of alkyl halides is 1. The Kier molecular flexibility index (Phi) is 5.15. The van der Waals surface area contributed by atoms with Gasteiger partial charge in [0, 0.05) is 31.6 Å². The van der Waals surface area contributed by atoms with Gasteiger partial charge in [-0.1, -0.05) is 0 Å². The first-order valence-corrected chi connectivity index (χ1v) is 9.10. The highest BCUT2D eigenvalue weighted by atomic mass is 32.1. The molecule has 2 aliphatic rings. The van der Waals surface area contributed by atoms with Crippen molar-refractivity contribution in [1.82, 2.24) is 15.1 Å². The van der Waals surface area contributed by atoms with Crippen LogP contribution >= 0.6 is 11.3 Å². The molecule has 0 unspecified atom stereocenters. The van der Waals surface area contributed by atoms with Crippen LogP contribution in [0.2, 0.25) is 0 Å². The van der Waals surface area contributed by atoms with Crippen LogP contribution in [0.15, 0.2) is 16.8 Å². The molecule has 1 saturated heterocycles.